The highest BCUT2D eigenvalue weighted by molar-refractivity contribution is 9.11. The van der Waals surface area contributed by atoms with Crippen LogP contribution in [-0.4, -0.2) is 7.11 Å². The minimum absolute atomic E-state index is 0.442. The van der Waals surface area contributed by atoms with Gasteiger partial charge in [0.05, 0.1) is 21.1 Å². The average molecular weight is 422 g/mol. The van der Waals surface area contributed by atoms with Gasteiger partial charge in [-0.25, -0.2) is 0 Å². The Kier molecular flexibility index (Phi) is 5.32. The first kappa shape index (κ1) is 15.6. The highest BCUT2D eigenvalue weighted by Gasteiger charge is 2.11. The molecule has 0 unspecified atom stereocenters. The fraction of sp³-hybridized carbons (Fsp3) is 0.143. The van der Waals surface area contributed by atoms with Gasteiger partial charge in [-0.2, -0.15) is 0 Å². The molecule has 0 saturated carbocycles. The summed E-state index contributed by atoms with van der Waals surface area (Å²) in [6.07, 6.45) is 0. The highest BCUT2D eigenvalue weighted by Crippen LogP contribution is 2.39. The Hall–Kier alpha value is -0.750. The number of hydrogen-bond acceptors (Lipinski definition) is 3. The Balaban J connectivity index is 2.32. The number of rotatable bonds is 4. The summed E-state index contributed by atoms with van der Waals surface area (Å²) in [7, 11) is 1.61. The lowest BCUT2D eigenvalue weighted by Gasteiger charge is -2.12. The van der Waals surface area contributed by atoms with E-state index in [1.54, 1.807) is 19.2 Å². The maximum Gasteiger partial charge on any atom is 0.146 e. The summed E-state index contributed by atoms with van der Waals surface area (Å²) < 4.78 is 12.6. The predicted molar refractivity (Wildman–Crippen MR) is 87.8 cm³/mol. The van der Waals surface area contributed by atoms with E-state index in [4.69, 9.17) is 26.8 Å². The Morgan fingerprint density at radius 2 is 1.70 bits per heavy atom. The van der Waals surface area contributed by atoms with Crippen LogP contribution in [0.5, 0.6) is 17.2 Å². The molecule has 20 heavy (non-hydrogen) atoms. The molecule has 0 atom stereocenters. The molecule has 0 spiro atoms. The molecule has 2 N–H and O–H groups in total. The molecule has 0 bridgehead atoms. The number of halogens is 3. The number of methoxy groups -OCH3 is 1. The monoisotopic (exact) mass is 419 g/mol. The SMILES string of the molecule is COc1cc(Br)c(Oc2ccc(CN)cc2Cl)cc1Br. The van der Waals surface area contributed by atoms with Gasteiger partial charge in [-0.15, -0.1) is 0 Å². The van der Waals surface area contributed by atoms with Crippen LogP contribution in [0.25, 0.3) is 0 Å². The van der Waals surface area contributed by atoms with Crippen molar-refractivity contribution in [2.24, 2.45) is 5.73 Å². The van der Waals surface area contributed by atoms with Gasteiger partial charge in [0, 0.05) is 6.54 Å². The predicted octanol–water partition coefficient (Wildman–Crippen LogP) is 5.12. The first-order valence-corrected chi connectivity index (χ1v) is 7.71. The van der Waals surface area contributed by atoms with Crippen molar-refractivity contribution in [2.75, 3.05) is 7.11 Å². The molecule has 2 aromatic carbocycles. The van der Waals surface area contributed by atoms with Crippen molar-refractivity contribution in [3.8, 4) is 17.2 Å². The van der Waals surface area contributed by atoms with Crippen molar-refractivity contribution in [2.45, 2.75) is 6.54 Å². The molecule has 0 fully saturated rings. The van der Waals surface area contributed by atoms with Crippen LogP contribution in [0, 0.1) is 0 Å². The van der Waals surface area contributed by atoms with Crippen molar-refractivity contribution in [3.63, 3.8) is 0 Å². The molecule has 0 aliphatic heterocycles. The first-order chi connectivity index (χ1) is 9.55. The lowest BCUT2D eigenvalue weighted by atomic mass is 10.2. The van der Waals surface area contributed by atoms with Crippen LogP contribution < -0.4 is 15.2 Å². The van der Waals surface area contributed by atoms with E-state index in [9.17, 15) is 0 Å². The summed E-state index contributed by atoms with van der Waals surface area (Å²) in [6, 6.07) is 9.11. The lowest BCUT2D eigenvalue weighted by molar-refractivity contribution is 0.409. The standard InChI is InChI=1S/C14H12Br2ClNO2/c1-19-13-5-10(16)14(6-9(13)15)20-12-3-2-8(7-18)4-11(12)17/h2-6H,7,18H2,1H3. The summed E-state index contributed by atoms with van der Waals surface area (Å²) >= 11 is 13.0. The molecule has 106 valence electrons. The Morgan fingerprint density at radius 3 is 2.30 bits per heavy atom. The summed E-state index contributed by atoms with van der Waals surface area (Å²) in [6.45, 7) is 0.442. The van der Waals surface area contributed by atoms with Gasteiger partial charge >= 0.3 is 0 Å². The van der Waals surface area contributed by atoms with E-state index in [0.29, 0.717) is 28.8 Å². The zero-order valence-corrected chi connectivity index (χ0v) is 14.5. The van der Waals surface area contributed by atoms with Gasteiger partial charge in [-0.1, -0.05) is 17.7 Å². The van der Waals surface area contributed by atoms with Gasteiger partial charge in [0.15, 0.2) is 0 Å². The van der Waals surface area contributed by atoms with E-state index in [-0.39, 0.29) is 0 Å². The second kappa shape index (κ2) is 6.80. The summed E-state index contributed by atoms with van der Waals surface area (Å²) in [5.41, 5.74) is 6.53. The van der Waals surface area contributed by atoms with Crippen LogP contribution in [0.3, 0.4) is 0 Å². The van der Waals surface area contributed by atoms with E-state index in [1.807, 2.05) is 18.2 Å². The Morgan fingerprint density at radius 1 is 1.05 bits per heavy atom. The van der Waals surface area contributed by atoms with Gasteiger partial charge in [-0.3, -0.25) is 0 Å². The van der Waals surface area contributed by atoms with E-state index < -0.39 is 0 Å². The summed E-state index contributed by atoms with van der Waals surface area (Å²) in [4.78, 5) is 0. The van der Waals surface area contributed by atoms with Gasteiger partial charge in [0.1, 0.15) is 17.2 Å². The van der Waals surface area contributed by atoms with Crippen LogP contribution in [0.2, 0.25) is 5.02 Å². The zero-order valence-electron chi connectivity index (χ0n) is 10.6. The molecule has 0 radical (unpaired) electrons. The van der Waals surface area contributed by atoms with Crippen LogP contribution in [0.4, 0.5) is 0 Å². The summed E-state index contributed by atoms with van der Waals surface area (Å²) in [5, 5.41) is 0.520. The average Bonchev–Trinajstić information content (AvgIpc) is 2.44. The fourth-order valence-electron chi connectivity index (χ4n) is 1.62. The lowest BCUT2D eigenvalue weighted by Crippen LogP contribution is -1.96. The molecule has 2 aromatic rings. The molecule has 0 aliphatic rings. The molecule has 0 aromatic heterocycles. The van der Waals surface area contributed by atoms with Gasteiger partial charge < -0.3 is 15.2 Å². The maximum atomic E-state index is 6.18. The molecular formula is C14H12Br2ClNO2. The number of benzene rings is 2. The normalized spacial score (nSPS) is 10.4. The van der Waals surface area contributed by atoms with Crippen LogP contribution in [-0.2, 0) is 6.54 Å². The first-order valence-electron chi connectivity index (χ1n) is 5.74. The van der Waals surface area contributed by atoms with Crippen LogP contribution >= 0.6 is 43.5 Å². The third kappa shape index (κ3) is 3.47. The minimum Gasteiger partial charge on any atom is -0.496 e. The van der Waals surface area contributed by atoms with Crippen LogP contribution in [0.1, 0.15) is 5.56 Å². The minimum atomic E-state index is 0.442. The van der Waals surface area contributed by atoms with Crippen molar-refractivity contribution in [1.29, 1.82) is 0 Å². The molecule has 0 heterocycles. The largest absolute Gasteiger partial charge is 0.496 e. The molecule has 0 amide bonds. The third-order valence-electron chi connectivity index (χ3n) is 2.66. The zero-order chi connectivity index (χ0) is 14.7. The highest BCUT2D eigenvalue weighted by atomic mass is 79.9. The second-order valence-electron chi connectivity index (χ2n) is 3.99. The van der Waals surface area contributed by atoms with Crippen LogP contribution in [0.15, 0.2) is 39.3 Å². The number of hydrogen-bond donors (Lipinski definition) is 1. The third-order valence-corrected chi connectivity index (χ3v) is 4.19. The van der Waals surface area contributed by atoms with Crippen molar-refractivity contribution >= 4 is 43.5 Å². The van der Waals surface area contributed by atoms with E-state index in [1.165, 1.54) is 0 Å². The molecule has 0 saturated heterocycles. The van der Waals surface area contributed by atoms with Crippen molar-refractivity contribution in [1.82, 2.24) is 0 Å². The topological polar surface area (TPSA) is 44.5 Å². The van der Waals surface area contributed by atoms with Crippen molar-refractivity contribution < 1.29 is 9.47 Å². The molecule has 0 aliphatic carbocycles. The maximum absolute atomic E-state index is 6.18. The summed E-state index contributed by atoms with van der Waals surface area (Å²) in [5.74, 6) is 1.93. The van der Waals surface area contributed by atoms with E-state index in [0.717, 1.165) is 14.5 Å². The van der Waals surface area contributed by atoms with Gasteiger partial charge in [0.25, 0.3) is 0 Å². The van der Waals surface area contributed by atoms with E-state index >= 15 is 0 Å². The smallest absolute Gasteiger partial charge is 0.146 e. The van der Waals surface area contributed by atoms with Crippen molar-refractivity contribution in [3.05, 3.63) is 49.9 Å². The van der Waals surface area contributed by atoms with Gasteiger partial charge in [-0.05, 0) is 61.7 Å². The fourth-order valence-corrected chi connectivity index (χ4v) is 2.75. The Labute approximate surface area is 139 Å². The van der Waals surface area contributed by atoms with Gasteiger partial charge in [0.2, 0.25) is 0 Å². The number of ether oxygens (including phenoxy) is 2. The number of nitrogens with two attached hydrogens (primary N) is 1. The quantitative estimate of drug-likeness (QED) is 0.745. The Bertz CT molecular complexity index is 635. The van der Waals surface area contributed by atoms with E-state index in [2.05, 4.69) is 31.9 Å². The molecule has 3 nitrogen and oxygen atoms in total. The molecule has 6 heteroatoms. The molecule has 2 rings (SSSR count). The second-order valence-corrected chi connectivity index (χ2v) is 6.10. The molecular weight excluding hydrogens is 409 g/mol.